The highest BCUT2D eigenvalue weighted by Crippen LogP contribution is 2.27. The van der Waals surface area contributed by atoms with Gasteiger partial charge in [0.05, 0.1) is 5.56 Å². The monoisotopic (exact) mass is 368 g/mol. The van der Waals surface area contributed by atoms with E-state index in [-0.39, 0.29) is 5.56 Å². The summed E-state index contributed by atoms with van der Waals surface area (Å²) in [7, 11) is 0. The highest BCUT2D eigenvalue weighted by atomic mass is 19.1. The molecule has 2 aromatic carbocycles. The van der Waals surface area contributed by atoms with Crippen LogP contribution in [-0.4, -0.2) is 11.9 Å². The summed E-state index contributed by atoms with van der Waals surface area (Å²) in [4.78, 5) is 12.4. The van der Waals surface area contributed by atoms with Crippen molar-refractivity contribution >= 4 is 11.6 Å². The van der Waals surface area contributed by atoms with Crippen LogP contribution in [-0.2, 0) is 6.54 Å². The fraction of sp³-hybridized carbons (Fsp3) is 0.435. The predicted octanol–water partition coefficient (Wildman–Crippen LogP) is 5.53. The molecule has 1 fully saturated rings. The van der Waals surface area contributed by atoms with Gasteiger partial charge in [0.25, 0.3) is 5.91 Å². The van der Waals surface area contributed by atoms with Crippen molar-refractivity contribution in [3.8, 4) is 0 Å². The Morgan fingerprint density at radius 2 is 1.78 bits per heavy atom. The van der Waals surface area contributed by atoms with Gasteiger partial charge in [0.1, 0.15) is 5.82 Å². The number of rotatable bonds is 7. The third kappa shape index (κ3) is 5.64. The molecule has 0 aliphatic heterocycles. The van der Waals surface area contributed by atoms with Crippen LogP contribution < -0.4 is 10.6 Å². The zero-order valence-electron chi connectivity index (χ0n) is 16.0. The van der Waals surface area contributed by atoms with Gasteiger partial charge in [0, 0.05) is 18.3 Å². The van der Waals surface area contributed by atoms with Gasteiger partial charge in [-0.1, -0.05) is 62.4 Å². The van der Waals surface area contributed by atoms with Gasteiger partial charge < -0.3 is 10.6 Å². The molecule has 0 saturated heterocycles. The van der Waals surface area contributed by atoms with E-state index in [4.69, 9.17) is 0 Å². The van der Waals surface area contributed by atoms with Gasteiger partial charge in [0.15, 0.2) is 0 Å². The molecule has 0 bridgehead atoms. The third-order valence-electron chi connectivity index (χ3n) is 5.44. The molecule has 0 spiro atoms. The largest absolute Gasteiger partial charge is 0.322 e. The van der Waals surface area contributed by atoms with E-state index in [0.717, 1.165) is 17.2 Å². The second kappa shape index (κ2) is 9.65. The maximum atomic E-state index is 13.8. The molecule has 0 aromatic heterocycles. The van der Waals surface area contributed by atoms with Crippen molar-refractivity contribution < 1.29 is 9.18 Å². The summed E-state index contributed by atoms with van der Waals surface area (Å²) in [6.07, 6.45) is 8.00. The van der Waals surface area contributed by atoms with Gasteiger partial charge in [-0.05, 0) is 43.0 Å². The molecule has 1 atom stereocenters. The van der Waals surface area contributed by atoms with Crippen molar-refractivity contribution in [2.75, 3.05) is 5.32 Å². The number of anilines is 1. The minimum atomic E-state index is -0.508. The van der Waals surface area contributed by atoms with Crippen LogP contribution in [0.5, 0.6) is 0 Å². The SMILES string of the molecule is CC(CC1CCCCC1)NCc1ccccc1NC(=O)c1ccccc1F. The minimum Gasteiger partial charge on any atom is -0.322 e. The Morgan fingerprint density at radius 3 is 2.56 bits per heavy atom. The van der Waals surface area contributed by atoms with Crippen LogP contribution in [0.25, 0.3) is 0 Å². The number of hydrogen-bond donors (Lipinski definition) is 2. The summed E-state index contributed by atoms with van der Waals surface area (Å²) in [5.41, 5.74) is 1.80. The second-order valence-corrected chi connectivity index (χ2v) is 7.61. The van der Waals surface area contributed by atoms with Gasteiger partial charge in [-0.15, -0.1) is 0 Å². The van der Waals surface area contributed by atoms with E-state index in [1.807, 2.05) is 24.3 Å². The standard InChI is InChI=1S/C23H29FN2O/c1-17(15-18-9-3-2-4-10-18)25-16-19-11-5-8-14-22(19)26-23(27)20-12-6-7-13-21(20)24/h5-8,11-14,17-18,25H,2-4,9-10,15-16H2,1H3,(H,26,27). The highest BCUT2D eigenvalue weighted by molar-refractivity contribution is 6.04. The Bertz CT molecular complexity index is 756. The van der Waals surface area contributed by atoms with Gasteiger partial charge in [-0.2, -0.15) is 0 Å². The van der Waals surface area contributed by atoms with Crippen molar-refractivity contribution in [2.45, 2.75) is 58.0 Å². The smallest absolute Gasteiger partial charge is 0.258 e. The van der Waals surface area contributed by atoms with Crippen molar-refractivity contribution in [2.24, 2.45) is 5.92 Å². The molecular formula is C23H29FN2O. The topological polar surface area (TPSA) is 41.1 Å². The summed E-state index contributed by atoms with van der Waals surface area (Å²) >= 11 is 0. The van der Waals surface area contributed by atoms with Gasteiger partial charge >= 0.3 is 0 Å². The number of hydrogen-bond acceptors (Lipinski definition) is 2. The molecule has 144 valence electrons. The molecule has 4 heteroatoms. The van der Waals surface area contributed by atoms with Crippen LogP contribution in [0.2, 0.25) is 0 Å². The number of carbonyl (C=O) groups is 1. The maximum absolute atomic E-state index is 13.8. The van der Waals surface area contributed by atoms with Crippen molar-refractivity contribution in [1.29, 1.82) is 0 Å². The van der Waals surface area contributed by atoms with Crippen LogP contribution in [0.1, 0.15) is 61.4 Å². The summed E-state index contributed by atoms with van der Waals surface area (Å²) in [6.45, 7) is 2.91. The number of nitrogens with one attached hydrogen (secondary N) is 2. The average molecular weight is 368 g/mol. The molecule has 0 radical (unpaired) electrons. The molecule has 27 heavy (non-hydrogen) atoms. The van der Waals surface area contributed by atoms with Crippen LogP contribution in [0.3, 0.4) is 0 Å². The number of benzene rings is 2. The van der Waals surface area contributed by atoms with Crippen molar-refractivity contribution in [1.82, 2.24) is 5.32 Å². The van der Waals surface area contributed by atoms with E-state index in [9.17, 15) is 9.18 Å². The zero-order chi connectivity index (χ0) is 19.1. The molecule has 1 saturated carbocycles. The van der Waals surface area contributed by atoms with Gasteiger partial charge in [0.2, 0.25) is 0 Å². The molecule has 2 aromatic rings. The molecule has 0 heterocycles. The van der Waals surface area contributed by atoms with Crippen LogP contribution in [0.15, 0.2) is 48.5 Å². The van der Waals surface area contributed by atoms with Crippen LogP contribution >= 0.6 is 0 Å². The second-order valence-electron chi connectivity index (χ2n) is 7.61. The summed E-state index contributed by atoms with van der Waals surface area (Å²) < 4.78 is 13.8. The molecule has 1 aliphatic carbocycles. The summed E-state index contributed by atoms with van der Waals surface area (Å²) in [6, 6.07) is 14.2. The van der Waals surface area contributed by atoms with Crippen LogP contribution in [0.4, 0.5) is 10.1 Å². The Hall–Kier alpha value is -2.20. The fourth-order valence-corrected chi connectivity index (χ4v) is 3.92. The molecule has 2 N–H and O–H groups in total. The minimum absolute atomic E-state index is 0.0610. The number of carbonyl (C=O) groups excluding carboxylic acids is 1. The van der Waals surface area contributed by atoms with E-state index < -0.39 is 11.7 Å². The van der Waals surface area contributed by atoms with Crippen LogP contribution in [0, 0.1) is 11.7 Å². The molecule has 1 unspecified atom stereocenters. The van der Waals surface area contributed by atoms with E-state index in [2.05, 4.69) is 17.6 Å². The normalized spacial score (nSPS) is 16.1. The van der Waals surface area contributed by atoms with Crippen molar-refractivity contribution in [3.63, 3.8) is 0 Å². The Kier molecular flexibility index (Phi) is 6.99. The predicted molar refractivity (Wildman–Crippen MR) is 108 cm³/mol. The van der Waals surface area contributed by atoms with E-state index in [1.54, 1.807) is 12.1 Å². The maximum Gasteiger partial charge on any atom is 0.258 e. The third-order valence-corrected chi connectivity index (χ3v) is 5.44. The Morgan fingerprint density at radius 1 is 1.07 bits per heavy atom. The molecule has 1 aliphatic rings. The number of para-hydroxylation sites is 1. The van der Waals surface area contributed by atoms with E-state index >= 15 is 0 Å². The van der Waals surface area contributed by atoms with Gasteiger partial charge in [-0.3, -0.25) is 4.79 Å². The van der Waals surface area contributed by atoms with Crippen molar-refractivity contribution in [3.05, 3.63) is 65.5 Å². The summed E-state index contributed by atoms with van der Waals surface area (Å²) in [5.74, 6) is -0.0974. The molecule has 3 rings (SSSR count). The fourth-order valence-electron chi connectivity index (χ4n) is 3.92. The Labute approximate surface area is 161 Å². The lowest BCUT2D eigenvalue weighted by Crippen LogP contribution is -2.29. The quantitative estimate of drug-likeness (QED) is 0.675. The highest BCUT2D eigenvalue weighted by Gasteiger charge is 2.17. The first-order chi connectivity index (χ1) is 13.1. The van der Waals surface area contributed by atoms with Gasteiger partial charge in [-0.25, -0.2) is 4.39 Å². The van der Waals surface area contributed by atoms with E-state index in [1.165, 1.54) is 50.7 Å². The lowest BCUT2D eigenvalue weighted by molar-refractivity contribution is 0.102. The molecule has 1 amide bonds. The molecular weight excluding hydrogens is 339 g/mol. The van der Waals surface area contributed by atoms with E-state index in [0.29, 0.717) is 12.6 Å². The lowest BCUT2D eigenvalue weighted by atomic mass is 9.85. The number of halogens is 1. The average Bonchev–Trinajstić information content (AvgIpc) is 2.68. The molecule has 3 nitrogen and oxygen atoms in total. The lowest BCUT2D eigenvalue weighted by Gasteiger charge is -2.25. The first-order valence-corrected chi connectivity index (χ1v) is 10.0. The first-order valence-electron chi connectivity index (χ1n) is 10.0. The zero-order valence-corrected chi connectivity index (χ0v) is 16.0. The summed E-state index contributed by atoms with van der Waals surface area (Å²) in [5, 5.41) is 6.44. The number of amides is 1. The first kappa shape index (κ1) is 19.6. The Balaban J connectivity index is 1.58.